The van der Waals surface area contributed by atoms with E-state index in [0.717, 1.165) is 11.0 Å². The van der Waals surface area contributed by atoms with Crippen LogP contribution in [0.3, 0.4) is 0 Å². The predicted molar refractivity (Wildman–Crippen MR) is 79.2 cm³/mol. The van der Waals surface area contributed by atoms with Crippen LogP contribution in [0.2, 0.25) is 0 Å². The Morgan fingerprint density at radius 1 is 1.60 bits per heavy atom. The highest BCUT2D eigenvalue weighted by atomic mass is 79.9. The fourth-order valence-corrected chi connectivity index (χ4v) is 2.67. The lowest BCUT2D eigenvalue weighted by molar-refractivity contribution is -0.117. The van der Waals surface area contributed by atoms with Crippen LogP contribution < -0.4 is 4.90 Å². The fraction of sp³-hybridized carbons (Fsp3) is 0.500. The molecule has 1 aliphatic heterocycles. The van der Waals surface area contributed by atoms with Crippen LogP contribution in [0.1, 0.15) is 29.4 Å². The Morgan fingerprint density at radius 3 is 2.95 bits per heavy atom. The van der Waals surface area contributed by atoms with E-state index in [1.165, 1.54) is 6.20 Å². The highest BCUT2D eigenvalue weighted by molar-refractivity contribution is 9.09. The van der Waals surface area contributed by atoms with Gasteiger partial charge in [0.15, 0.2) is 0 Å². The molecule has 1 unspecified atom stereocenters. The third kappa shape index (κ3) is 3.00. The number of halogens is 1. The Balaban J connectivity index is 2.29. The summed E-state index contributed by atoms with van der Waals surface area (Å²) >= 11 is 3.41. The second-order valence-corrected chi connectivity index (χ2v) is 5.43. The van der Waals surface area contributed by atoms with Gasteiger partial charge in [0.05, 0.1) is 23.6 Å². The minimum Gasteiger partial charge on any atom is -0.462 e. The molecule has 1 saturated heterocycles. The molecule has 20 heavy (non-hydrogen) atoms. The van der Waals surface area contributed by atoms with Crippen LogP contribution in [-0.4, -0.2) is 35.3 Å². The molecule has 0 aliphatic carbocycles. The molecule has 1 aliphatic rings. The van der Waals surface area contributed by atoms with Crippen molar-refractivity contribution in [3.8, 4) is 0 Å². The van der Waals surface area contributed by atoms with Crippen LogP contribution in [-0.2, 0) is 9.53 Å². The largest absolute Gasteiger partial charge is 0.462 e. The first-order chi connectivity index (χ1) is 9.56. The van der Waals surface area contributed by atoms with Gasteiger partial charge in [-0.3, -0.25) is 9.78 Å². The maximum Gasteiger partial charge on any atom is 0.339 e. The van der Waals surface area contributed by atoms with Crippen molar-refractivity contribution in [1.29, 1.82) is 0 Å². The molecule has 0 spiro atoms. The van der Waals surface area contributed by atoms with Crippen LogP contribution in [0.15, 0.2) is 12.3 Å². The van der Waals surface area contributed by atoms with E-state index in [9.17, 15) is 9.59 Å². The van der Waals surface area contributed by atoms with Crippen LogP contribution in [0.4, 0.5) is 5.69 Å². The van der Waals surface area contributed by atoms with Crippen LogP contribution in [0.5, 0.6) is 0 Å². The molecule has 1 aromatic heterocycles. The summed E-state index contributed by atoms with van der Waals surface area (Å²) in [6.07, 6.45) is 2.01. The summed E-state index contributed by atoms with van der Waals surface area (Å²) in [7, 11) is 0. The number of pyridine rings is 1. The molecule has 1 amide bonds. The van der Waals surface area contributed by atoms with Crippen LogP contribution in [0, 0.1) is 12.8 Å². The Bertz CT molecular complexity index is 533. The summed E-state index contributed by atoms with van der Waals surface area (Å²) < 4.78 is 4.96. The van der Waals surface area contributed by atoms with Crippen molar-refractivity contribution in [2.24, 2.45) is 5.92 Å². The van der Waals surface area contributed by atoms with Gasteiger partial charge >= 0.3 is 5.97 Å². The van der Waals surface area contributed by atoms with E-state index in [0.29, 0.717) is 36.7 Å². The number of carbonyl (C=O) groups is 2. The number of esters is 1. The number of anilines is 1. The Kier molecular flexibility index (Phi) is 4.75. The van der Waals surface area contributed by atoms with E-state index in [1.807, 2.05) is 6.92 Å². The second kappa shape index (κ2) is 6.35. The second-order valence-electron chi connectivity index (χ2n) is 4.78. The van der Waals surface area contributed by atoms with E-state index in [1.54, 1.807) is 17.9 Å². The molecule has 0 aromatic carbocycles. The zero-order valence-corrected chi connectivity index (χ0v) is 13.1. The van der Waals surface area contributed by atoms with Crippen molar-refractivity contribution >= 4 is 33.5 Å². The molecule has 108 valence electrons. The van der Waals surface area contributed by atoms with Gasteiger partial charge in [-0.15, -0.1) is 0 Å². The Hall–Kier alpha value is -1.43. The first-order valence-corrected chi connectivity index (χ1v) is 7.69. The molecule has 0 radical (unpaired) electrons. The van der Waals surface area contributed by atoms with Crippen molar-refractivity contribution in [3.63, 3.8) is 0 Å². The normalized spacial score (nSPS) is 18.4. The number of hydrogen-bond donors (Lipinski definition) is 0. The molecule has 1 aromatic rings. The molecule has 1 atom stereocenters. The van der Waals surface area contributed by atoms with Gasteiger partial charge < -0.3 is 9.64 Å². The van der Waals surface area contributed by atoms with Crippen LogP contribution >= 0.6 is 15.9 Å². The van der Waals surface area contributed by atoms with Gasteiger partial charge in [0, 0.05) is 24.5 Å². The minimum absolute atomic E-state index is 0.0698. The fourth-order valence-electron chi connectivity index (χ4n) is 2.24. The van der Waals surface area contributed by atoms with Crippen molar-refractivity contribution in [3.05, 3.63) is 23.5 Å². The van der Waals surface area contributed by atoms with E-state index in [4.69, 9.17) is 4.74 Å². The average Bonchev–Trinajstić information content (AvgIpc) is 2.81. The average molecular weight is 341 g/mol. The summed E-state index contributed by atoms with van der Waals surface area (Å²) in [4.78, 5) is 29.7. The van der Waals surface area contributed by atoms with E-state index < -0.39 is 5.97 Å². The lowest BCUT2D eigenvalue weighted by Gasteiger charge is -2.19. The van der Waals surface area contributed by atoms with Crippen LogP contribution in [0.25, 0.3) is 0 Å². The molecule has 2 heterocycles. The molecular formula is C14H17BrN2O3. The highest BCUT2D eigenvalue weighted by Crippen LogP contribution is 2.28. The number of hydrogen-bond acceptors (Lipinski definition) is 4. The van der Waals surface area contributed by atoms with Gasteiger partial charge in [0.25, 0.3) is 0 Å². The molecule has 2 rings (SSSR count). The lowest BCUT2D eigenvalue weighted by Crippen LogP contribution is -2.26. The number of aromatic nitrogens is 1. The number of amides is 1. The first kappa shape index (κ1) is 15.0. The zero-order chi connectivity index (χ0) is 14.7. The SMILES string of the molecule is CCOC(=O)c1cnc(C)c(N2CC(CBr)CC2=O)c1. The lowest BCUT2D eigenvalue weighted by atomic mass is 10.1. The minimum atomic E-state index is -0.412. The number of nitrogens with zero attached hydrogens (tertiary/aromatic N) is 2. The first-order valence-electron chi connectivity index (χ1n) is 6.56. The van der Waals surface area contributed by atoms with Gasteiger partial charge in [0.2, 0.25) is 5.91 Å². The van der Waals surface area contributed by atoms with E-state index in [2.05, 4.69) is 20.9 Å². The Labute approximate surface area is 126 Å². The summed E-state index contributed by atoms with van der Waals surface area (Å²) in [5.41, 5.74) is 1.81. The van der Waals surface area contributed by atoms with E-state index in [-0.39, 0.29) is 5.91 Å². The van der Waals surface area contributed by atoms with Gasteiger partial charge in [-0.25, -0.2) is 4.79 Å². The third-order valence-electron chi connectivity index (χ3n) is 3.29. The molecule has 0 bridgehead atoms. The third-order valence-corrected chi connectivity index (χ3v) is 4.20. The molecular weight excluding hydrogens is 324 g/mol. The van der Waals surface area contributed by atoms with E-state index >= 15 is 0 Å². The summed E-state index contributed by atoms with van der Waals surface area (Å²) in [6, 6.07) is 1.69. The number of rotatable bonds is 4. The zero-order valence-electron chi connectivity index (χ0n) is 11.6. The van der Waals surface area contributed by atoms with Gasteiger partial charge in [0.1, 0.15) is 0 Å². The molecule has 1 fully saturated rings. The quantitative estimate of drug-likeness (QED) is 0.623. The summed E-state index contributed by atoms with van der Waals surface area (Å²) in [5, 5.41) is 0.791. The van der Waals surface area contributed by atoms with Crippen molar-refractivity contribution in [2.75, 3.05) is 23.4 Å². The number of ether oxygens (including phenoxy) is 1. The predicted octanol–water partition coefficient (Wildman–Crippen LogP) is 2.31. The standard InChI is InChI=1S/C14H17BrN2O3/c1-3-20-14(19)11-5-12(9(2)16-7-11)17-8-10(6-15)4-13(17)18/h5,7,10H,3-4,6,8H2,1-2H3. The van der Waals surface area contributed by atoms with Crippen molar-refractivity contribution in [1.82, 2.24) is 4.98 Å². The summed E-state index contributed by atoms with van der Waals surface area (Å²) in [6.45, 7) is 4.55. The van der Waals surface area contributed by atoms with Crippen molar-refractivity contribution < 1.29 is 14.3 Å². The molecule has 5 nitrogen and oxygen atoms in total. The molecule has 6 heteroatoms. The monoisotopic (exact) mass is 340 g/mol. The molecule has 0 N–H and O–H groups in total. The maximum atomic E-state index is 12.1. The summed E-state index contributed by atoms with van der Waals surface area (Å²) in [5.74, 6) is -0.0431. The Morgan fingerprint density at radius 2 is 2.35 bits per heavy atom. The topological polar surface area (TPSA) is 59.5 Å². The smallest absolute Gasteiger partial charge is 0.339 e. The number of alkyl halides is 1. The number of aryl methyl sites for hydroxylation is 1. The van der Waals surface area contributed by atoms with Gasteiger partial charge in [-0.05, 0) is 25.8 Å². The van der Waals surface area contributed by atoms with Crippen molar-refractivity contribution in [2.45, 2.75) is 20.3 Å². The van der Waals surface area contributed by atoms with Gasteiger partial charge in [-0.2, -0.15) is 0 Å². The highest BCUT2D eigenvalue weighted by Gasteiger charge is 2.31. The maximum absolute atomic E-state index is 12.1. The molecule has 0 saturated carbocycles. The van der Waals surface area contributed by atoms with Gasteiger partial charge in [-0.1, -0.05) is 15.9 Å². The number of carbonyl (C=O) groups excluding carboxylic acids is 2.